The Morgan fingerprint density at radius 1 is 1.53 bits per heavy atom. The molecule has 2 aromatic rings. The van der Waals surface area contributed by atoms with Crippen molar-refractivity contribution in [3.05, 3.63) is 40.4 Å². The minimum atomic E-state index is -0.358. The molecule has 4 nitrogen and oxygen atoms in total. The van der Waals surface area contributed by atoms with Crippen molar-refractivity contribution >= 4 is 32.8 Å². The first-order valence-corrected chi connectivity index (χ1v) is 4.99. The molecule has 0 aromatic carbocycles. The molecule has 2 heterocycles. The molecule has 0 N–H and O–H groups in total. The van der Waals surface area contributed by atoms with Crippen LogP contribution in [0.15, 0.2) is 29.3 Å². The topological polar surface area (TPSA) is 52.0 Å². The van der Waals surface area contributed by atoms with Crippen molar-refractivity contribution in [1.82, 2.24) is 8.58 Å². The van der Waals surface area contributed by atoms with Crippen LogP contribution < -0.4 is 5.56 Å². The summed E-state index contributed by atoms with van der Waals surface area (Å²) in [5.74, 6) is -0.244. The average molecular weight is 267 g/mol. The Bertz CT molecular complexity index is 604. The molecule has 15 heavy (non-hydrogen) atoms. The minimum Gasteiger partial charge on any atom is -0.294 e. The van der Waals surface area contributed by atoms with Crippen LogP contribution in [-0.4, -0.2) is 14.4 Å². The highest BCUT2D eigenvalue weighted by Gasteiger charge is 2.10. The third-order valence-corrected chi connectivity index (χ3v) is 2.84. The maximum Gasteiger partial charge on any atom is 0.272 e. The first-order chi connectivity index (χ1) is 7.11. The highest BCUT2D eigenvalue weighted by Crippen LogP contribution is 2.13. The van der Waals surface area contributed by atoms with Crippen molar-refractivity contribution < 1.29 is 4.79 Å². The fraction of sp³-hybridized carbons (Fsp3) is 0.100. The van der Waals surface area contributed by atoms with Gasteiger partial charge >= 0.3 is 0 Å². The molecule has 76 valence electrons. The molecule has 0 aliphatic heterocycles. The van der Waals surface area contributed by atoms with Crippen LogP contribution in [0.2, 0.25) is 0 Å². The number of hydrogen-bond acceptors (Lipinski definition) is 3. The number of carbonyl (C=O) groups is 1. The van der Waals surface area contributed by atoms with Crippen LogP contribution in [0.3, 0.4) is 0 Å². The summed E-state index contributed by atoms with van der Waals surface area (Å²) in [5, 5.41) is 0.798. The van der Waals surface area contributed by atoms with Crippen LogP contribution in [0.4, 0.5) is 0 Å². The number of aromatic nitrogens is 2. The maximum atomic E-state index is 11.7. The summed E-state index contributed by atoms with van der Waals surface area (Å²) in [7, 11) is 0. The number of hydrogen-bond donors (Lipinski definition) is 0. The minimum absolute atomic E-state index is 0.172. The molecule has 0 spiro atoms. The first kappa shape index (κ1) is 10.0. The number of pyridine rings is 2. The van der Waals surface area contributed by atoms with Gasteiger partial charge in [0.05, 0.1) is 33.4 Å². The predicted molar refractivity (Wildman–Crippen MR) is 60.3 cm³/mol. The number of ketones is 1. The van der Waals surface area contributed by atoms with Crippen molar-refractivity contribution in [2.75, 3.05) is 0 Å². The van der Waals surface area contributed by atoms with Gasteiger partial charge in [0.25, 0.3) is 5.56 Å². The quantitative estimate of drug-likeness (QED) is 0.740. The maximum absolute atomic E-state index is 11.7. The largest absolute Gasteiger partial charge is 0.294 e. The van der Waals surface area contributed by atoms with E-state index in [0.717, 1.165) is 5.39 Å². The summed E-state index contributed by atoms with van der Waals surface area (Å²) in [5.41, 5.74) is 0.459. The molecule has 0 aliphatic rings. The SMILES string of the molecule is CC(=O)c1cc2ccncc2n(Br)c1=O. The zero-order valence-electron chi connectivity index (χ0n) is 7.90. The second-order valence-electron chi connectivity index (χ2n) is 3.13. The molecule has 0 atom stereocenters. The van der Waals surface area contributed by atoms with E-state index >= 15 is 0 Å². The second kappa shape index (κ2) is 3.58. The van der Waals surface area contributed by atoms with E-state index in [1.54, 1.807) is 24.5 Å². The van der Waals surface area contributed by atoms with Gasteiger partial charge in [-0.3, -0.25) is 14.6 Å². The summed E-state index contributed by atoms with van der Waals surface area (Å²) in [6, 6.07) is 3.33. The van der Waals surface area contributed by atoms with Gasteiger partial charge in [0.15, 0.2) is 5.78 Å². The lowest BCUT2D eigenvalue weighted by molar-refractivity contribution is 0.101. The standard InChI is InChI=1S/C10H7BrN2O2/c1-6(14)8-4-7-2-3-12-5-9(7)13(11)10(8)15/h2-5H,1H3. The Kier molecular flexibility index (Phi) is 2.40. The number of rotatable bonds is 1. The van der Waals surface area contributed by atoms with Crippen molar-refractivity contribution in [3.63, 3.8) is 0 Å². The molecule has 0 saturated heterocycles. The monoisotopic (exact) mass is 266 g/mol. The molecule has 0 radical (unpaired) electrons. The Balaban J connectivity index is 2.95. The van der Waals surface area contributed by atoms with E-state index in [9.17, 15) is 9.59 Å². The highest BCUT2D eigenvalue weighted by molar-refractivity contribution is 9.08. The van der Waals surface area contributed by atoms with Crippen molar-refractivity contribution in [1.29, 1.82) is 0 Å². The molecule has 5 heteroatoms. The van der Waals surface area contributed by atoms with Crippen molar-refractivity contribution in [2.24, 2.45) is 0 Å². The lowest BCUT2D eigenvalue weighted by Crippen LogP contribution is -2.20. The highest BCUT2D eigenvalue weighted by atomic mass is 79.9. The van der Waals surface area contributed by atoms with Crippen LogP contribution in [0, 0.1) is 0 Å². The van der Waals surface area contributed by atoms with E-state index in [2.05, 4.69) is 21.1 Å². The summed E-state index contributed by atoms with van der Waals surface area (Å²) >= 11 is 3.11. The van der Waals surface area contributed by atoms with Crippen LogP contribution in [0.5, 0.6) is 0 Å². The van der Waals surface area contributed by atoms with Gasteiger partial charge in [-0.1, -0.05) is 0 Å². The molecule has 0 fully saturated rings. The summed E-state index contributed by atoms with van der Waals surface area (Å²) in [6.07, 6.45) is 3.18. The number of carbonyl (C=O) groups excluding carboxylic acids is 1. The Labute approximate surface area is 93.9 Å². The number of nitrogens with zero attached hydrogens (tertiary/aromatic N) is 2. The van der Waals surface area contributed by atoms with Gasteiger partial charge in [0.2, 0.25) is 0 Å². The number of Topliss-reactive ketones (excluding diaryl/α,β-unsaturated/α-hetero) is 1. The average Bonchev–Trinajstić information content (AvgIpc) is 2.23. The normalized spacial score (nSPS) is 10.5. The van der Waals surface area contributed by atoms with Crippen LogP contribution in [-0.2, 0) is 0 Å². The molecule has 2 rings (SSSR count). The van der Waals surface area contributed by atoms with E-state index in [1.165, 1.54) is 10.5 Å². The zero-order chi connectivity index (χ0) is 11.0. The fourth-order valence-electron chi connectivity index (χ4n) is 1.37. The number of halogens is 1. The summed E-state index contributed by atoms with van der Waals surface area (Å²) in [6.45, 7) is 1.37. The first-order valence-electron chi connectivity index (χ1n) is 4.28. The number of fused-ring (bicyclic) bond motifs is 1. The van der Waals surface area contributed by atoms with Gasteiger partial charge < -0.3 is 0 Å². The Morgan fingerprint density at radius 3 is 2.93 bits per heavy atom. The molecule has 0 amide bonds. The van der Waals surface area contributed by atoms with E-state index in [4.69, 9.17) is 0 Å². The Morgan fingerprint density at radius 2 is 2.27 bits per heavy atom. The van der Waals surface area contributed by atoms with Crippen molar-refractivity contribution in [2.45, 2.75) is 6.92 Å². The predicted octanol–water partition coefficient (Wildman–Crippen LogP) is 1.76. The van der Waals surface area contributed by atoms with Gasteiger partial charge in [-0.15, -0.1) is 0 Å². The fourth-order valence-corrected chi connectivity index (χ4v) is 1.85. The third kappa shape index (κ3) is 1.59. The molecular weight excluding hydrogens is 260 g/mol. The lowest BCUT2D eigenvalue weighted by Gasteiger charge is -2.03. The molecule has 0 unspecified atom stereocenters. The zero-order valence-corrected chi connectivity index (χ0v) is 9.48. The van der Waals surface area contributed by atoms with Crippen LogP contribution in [0.25, 0.3) is 10.9 Å². The van der Waals surface area contributed by atoms with E-state index in [1.807, 2.05) is 0 Å². The van der Waals surface area contributed by atoms with Gasteiger partial charge in [-0.05, 0) is 19.1 Å². The van der Waals surface area contributed by atoms with E-state index in [0.29, 0.717) is 5.52 Å². The van der Waals surface area contributed by atoms with E-state index < -0.39 is 0 Å². The van der Waals surface area contributed by atoms with E-state index in [-0.39, 0.29) is 16.9 Å². The molecule has 0 saturated carbocycles. The molecular formula is C10H7BrN2O2. The van der Waals surface area contributed by atoms with Gasteiger partial charge in [0.1, 0.15) is 0 Å². The van der Waals surface area contributed by atoms with Gasteiger partial charge in [-0.25, -0.2) is 3.59 Å². The smallest absolute Gasteiger partial charge is 0.272 e. The lowest BCUT2D eigenvalue weighted by atomic mass is 10.1. The Hall–Kier alpha value is -1.49. The molecule has 0 bridgehead atoms. The van der Waals surface area contributed by atoms with Gasteiger partial charge in [0, 0.05) is 11.6 Å². The third-order valence-electron chi connectivity index (χ3n) is 2.13. The molecule has 2 aromatic heterocycles. The second-order valence-corrected chi connectivity index (χ2v) is 3.84. The summed E-state index contributed by atoms with van der Waals surface area (Å²) in [4.78, 5) is 26.8. The molecule has 0 aliphatic carbocycles. The van der Waals surface area contributed by atoms with Crippen LogP contribution in [0.1, 0.15) is 17.3 Å². The van der Waals surface area contributed by atoms with Gasteiger partial charge in [-0.2, -0.15) is 0 Å². The van der Waals surface area contributed by atoms with Crippen molar-refractivity contribution in [3.8, 4) is 0 Å². The van der Waals surface area contributed by atoms with Crippen LogP contribution >= 0.6 is 16.1 Å². The summed E-state index contributed by atoms with van der Waals surface area (Å²) < 4.78 is 1.26.